The molecule has 0 unspecified atom stereocenters. The second kappa shape index (κ2) is 4.22. The fraction of sp³-hybridized carbons (Fsp3) is 0.143. The molecule has 1 rings (SSSR count). The van der Waals surface area contributed by atoms with Gasteiger partial charge in [0.2, 0.25) is 0 Å². The Kier molecular flexibility index (Phi) is 3.43. The summed E-state index contributed by atoms with van der Waals surface area (Å²) in [6.07, 6.45) is -4.45. The number of alkyl halides is 3. The van der Waals surface area contributed by atoms with E-state index >= 15 is 0 Å². The van der Waals surface area contributed by atoms with Crippen LogP contribution in [-0.2, 0) is 6.18 Å². The highest BCUT2D eigenvalue weighted by atomic mass is 79.9. The van der Waals surface area contributed by atoms with Crippen LogP contribution in [0, 0.1) is 0 Å². The Morgan fingerprint density at radius 3 is 2.57 bits per heavy atom. The summed E-state index contributed by atoms with van der Waals surface area (Å²) in [5.74, 6) is 0.0508. The molecule has 0 saturated carbocycles. The highest BCUT2D eigenvalue weighted by molar-refractivity contribution is 9.10. The molecule has 0 saturated heterocycles. The number of thiocarbonyl (C=S) groups is 1. The van der Waals surface area contributed by atoms with Gasteiger partial charge in [0, 0.05) is 0 Å². The van der Waals surface area contributed by atoms with E-state index < -0.39 is 11.9 Å². The van der Waals surface area contributed by atoms with Gasteiger partial charge in [-0.2, -0.15) is 13.2 Å². The number of anilines is 1. The molecule has 7 heteroatoms. The predicted molar refractivity (Wildman–Crippen MR) is 54.2 cm³/mol. The summed E-state index contributed by atoms with van der Waals surface area (Å²) in [6, 6.07) is 2.15. The molecular formula is C7H4BrF3N2S. The molecule has 0 spiro atoms. The van der Waals surface area contributed by atoms with Gasteiger partial charge >= 0.3 is 6.18 Å². The van der Waals surface area contributed by atoms with Crippen molar-refractivity contribution < 1.29 is 13.2 Å². The highest BCUT2D eigenvalue weighted by Crippen LogP contribution is 2.30. The van der Waals surface area contributed by atoms with Crippen molar-refractivity contribution in [3.05, 3.63) is 22.3 Å². The maximum Gasteiger partial charge on any atom is 0.433 e. The first-order valence-corrected chi connectivity index (χ1v) is 4.65. The van der Waals surface area contributed by atoms with Crippen LogP contribution in [0.2, 0.25) is 0 Å². The van der Waals surface area contributed by atoms with E-state index in [0.717, 1.165) is 11.6 Å². The molecule has 0 aliphatic carbocycles. The lowest BCUT2D eigenvalue weighted by Crippen LogP contribution is -2.09. The summed E-state index contributed by atoms with van der Waals surface area (Å²) in [7, 11) is 0. The number of hydrogen-bond donors (Lipinski definition) is 1. The first-order chi connectivity index (χ1) is 6.45. The van der Waals surface area contributed by atoms with Gasteiger partial charge in [-0.3, -0.25) is 0 Å². The third-order valence-electron chi connectivity index (χ3n) is 1.33. The Bertz CT molecular complexity index is 353. The molecule has 0 atom stereocenters. The minimum absolute atomic E-state index is 0.0508. The average molecular weight is 285 g/mol. The van der Waals surface area contributed by atoms with Crippen LogP contribution in [0.4, 0.5) is 19.0 Å². The second-order valence-electron chi connectivity index (χ2n) is 2.29. The van der Waals surface area contributed by atoms with Crippen molar-refractivity contribution in [2.75, 3.05) is 5.32 Å². The Hall–Kier alpha value is -0.690. The van der Waals surface area contributed by atoms with Crippen molar-refractivity contribution in [2.45, 2.75) is 6.18 Å². The number of rotatable bonds is 2. The topological polar surface area (TPSA) is 24.9 Å². The molecule has 0 bridgehead atoms. The van der Waals surface area contributed by atoms with E-state index in [0.29, 0.717) is 4.47 Å². The summed E-state index contributed by atoms with van der Waals surface area (Å²) in [5, 5.41) is 2.42. The maximum absolute atomic E-state index is 12.2. The van der Waals surface area contributed by atoms with Crippen molar-refractivity contribution in [1.82, 2.24) is 4.98 Å². The molecule has 0 amide bonds. The van der Waals surface area contributed by atoms with Crippen LogP contribution < -0.4 is 5.32 Å². The van der Waals surface area contributed by atoms with E-state index in [9.17, 15) is 13.2 Å². The zero-order chi connectivity index (χ0) is 10.8. The summed E-state index contributed by atoms with van der Waals surface area (Å²) in [6.45, 7) is 0. The van der Waals surface area contributed by atoms with Crippen LogP contribution in [0.25, 0.3) is 0 Å². The van der Waals surface area contributed by atoms with E-state index in [4.69, 9.17) is 0 Å². The number of hydrogen-bond acceptors (Lipinski definition) is 2. The van der Waals surface area contributed by atoms with Crippen LogP contribution in [0.5, 0.6) is 0 Å². The molecule has 0 aliphatic rings. The molecule has 76 valence electrons. The molecule has 2 nitrogen and oxygen atoms in total. The SMILES string of the molecule is FC(F)(F)c1ccc(Br)c(NC=S)n1. The van der Waals surface area contributed by atoms with Gasteiger partial charge in [0.05, 0.1) is 9.96 Å². The van der Waals surface area contributed by atoms with E-state index in [1.165, 1.54) is 6.07 Å². The molecule has 1 N–H and O–H groups in total. The third kappa shape index (κ3) is 2.65. The molecule has 1 aromatic rings. The van der Waals surface area contributed by atoms with E-state index in [1.54, 1.807) is 0 Å². The van der Waals surface area contributed by atoms with Gasteiger partial charge in [-0.25, -0.2) is 4.98 Å². The highest BCUT2D eigenvalue weighted by Gasteiger charge is 2.32. The van der Waals surface area contributed by atoms with Gasteiger partial charge in [0.25, 0.3) is 0 Å². The molecule has 1 heterocycles. The zero-order valence-corrected chi connectivity index (χ0v) is 9.00. The fourth-order valence-corrected chi connectivity index (χ4v) is 1.20. The Labute approximate surface area is 91.7 Å². The van der Waals surface area contributed by atoms with E-state index in [-0.39, 0.29) is 5.82 Å². The number of halogens is 4. The van der Waals surface area contributed by atoms with E-state index in [2.05, 4.69) is 38.4 Å². The summed E-state index contributed by atoms with van der Waals surface area (Å²) >= 11 is 7.49. The normalized spacial score (nSPS) is 11.1. The van der Waals surface area contributed by atoms with Crippen LogP contribution in [0.1, 0.15) is 5.69 Å². The summed E-state index contributed by atoms with van der Waals surface area (Å²) < 4.78 is 37.0. The molecule has 0 aliphatic heterocycles. The molecule has 0 radical (unpaired) electrons. The predicted octanol–water partition coefficient (Wildman–Crippen LogP) is 3.23. The largest absolute Gasteiger partial charge is 0.433 e. The number of pyridine rings is 1. The van der Waals surface area contributed by atoms with Gasteiger partial charge in [0.15, 0.2) is 0 Å². The summed E-state index contributed by atoms with van der Waals surface area (Å²) in [5.41, 5.74) is 0.132. The number of nitrogens with zero attached hydrogens (tertiary/aromatic N) is 1. The number of nitrogens with one attached hydrogen (secondary N) is 1. The quantitative estimate of drug-likeness (QED) is 0.844. The second-order valence-corrected chi connectivity index (χ2v) is 3.38. The zero-order valence-electron chi connectivity index (χ0n) is 6.60. The third-order valence-corrected chi connectivity index (χ3v) is 2.09. The first kappa shape index (κ1) is 11.4. The van der Waals surface area contributed by atoms with Crippen LogP contribution in [0.15, 0.2) is 16.6 Å². The Morgan fingerprint density at radius 1 is 1.43 bits per heavy atom. The molecule has 0 fully saturated rings. The Balaban J connectivity index is 3.12. The maximum atomic E-state index is 12.2. The fourth-order valence-electron chi connectivity index (χ4n) is 0.757. The van der Waals surface area contributed by atoms with Gasteiger partial charge in [-0.1, -0.05) is 12.2 Å². The summed E-state index contributed by atoms with van der Waals surface area (Å²) in [4.78, 5) is 3.35. The lowest BCUT2D eigenvalue weighted by atomic mass is 10.3. The molecular weight excluding hydrogens is 281 g/mol. The van der Waals surface area contributed by atoms with Crippen LogP contribution in [-0.4, -0.2) is 10.5 Å². The van der Waals surface area contributed by atoms with Crippen LogP contribution >= 0.6 is 28.1 Å². The lowest BCUT2D eigenvalue weighted by molar-refractivity contribution is -0.141. The average Bonchev–Trinajstić information content (AvgIpc) is 2.07. The smallest absolute Gasteiger partial charge is 0.336 e. The molecule has 1 aromatic heterocycles. The van der Waals surface area contributed by atoms with Crippen molar-refractivity contribution in [1.29, 1.82) is 0 Å². The van der Waals surface area contributed by atoms with Crippen molar-refractivity contribution in [3.63, 3.8) is 0 Å². The van der Waals surface area contributed by atoms with E-state index in [1.807, 2.05) is 0 Å². The van der Waals surface area contributed by atoms with Crippen molar-refractivity contribution >= 4 is 39.5 Å². The van der Waals surface area contributed by atoms with Gasteiger partial charge < -0.3 is 5.32 Å². The van der Waals surface area contributed by atoms with Gasteiger partial charge in [0.1, 0.15) is 11.5 Å². The lowest BCUT2D eigenvalue weighted by Gasteiger charge is -2.08. The first-order valence-electron chi connectivity index (χ1n) is 3.39. The van der Waals surface area contributed by atoms with Crippen LogP contribution in [0.3, 0.4) is 0 Å². The molecule has 0 aromatic carbocycles. The van der Waals surface area contributed by atoms with Crippen molar-refractivity contribution in [3.8, 4) is 0 Å². The van der Waals surface area contributed by atoms with Crippen molar-refractivity contribution in [2.24, 2.45) is 0 Å². The van der Waals surface area contributed by atoms with Gasteiger partial charge in [-0.15, -0.1) is 0 Å². The molecule has 14 heavy (non-hydrogen) atoms. The monoisotopic (exact) mass is 284 g/mol. The standard InChI is InChI=1S/C7H4BrF3N2S/c8-4-1-2-5(7(9,10)11)13-6(4)12-3-14/h1-3H,(H,12,13,14). The minimum Gasteiger partial charge on any atom is -0.336 e. The number of aromatic nitrogens is 1. The Morgan fingerprint density at radius 2 is 2.07 bits per heavy atom. The van der Waals surface area contributed by atoms with Gasteiger partial charge in [-0.05, 0) is 28.1 Å². The minimum atomic E-state index is -4.45.